The van der Waals surface area contributed by atoms with Gasteiger partial charge in [-0.2, -0.15) is 0 Å². The molecule has 2 aliphatic rings. The molecule has 0 N–H and O–H groups in total. The van der Waals surface area contributed by atoms with Crippen LogP contribution in [0.3, 0.4) is 0 Å². The van der Waals surface area contributed by atoms with E-state index in [1.807, 2.05) is 6.08 Å². The second-order valence-electron chi connectivity index (χ2n) is 8.16. The molecule has 3 aromatic rings. The smallest absolute Gasteiger partial charge is 0.247 e. The summed E-state index contributed by atoms with van der Waals surface area (Å²) >= 11 is 0. The Labute approximate surface area is 189 Å². The van der Waals surface area contributed by atoms with Gasteiger partial charge < -0.3 is 14.1 Å². The first kappa shape index (κ1) is 21.2. The van der Waals surface area contributed by atoms with Crippen molar-refractivity contribution in [3.8, 4) is 17.3 Å². The second-order valence-corrected chi connectivity index (χ2v) is 8.16. The van der Waals surface area contributed by atoms with E-state index < -0.39 is 11.6 Å². The van der Waals surface area contributed by atoms with Crippen molar-refractivity contribution in [2.75, 3.05) is 6.54 Å². The molecule has 9 heteroatoms. The van der Waals surface area contributed by atoms with Gasteiger partial charge in [-0.15, -0.1) is 0 Å². The van der Waals surface area contributed by atoms with E-state index in [0.717, 1.165) is 23.0 Å². The van der Waals surface area contributed by atoms with Gasteiger partial charge in [0, 0.05) is 32.4 Å². The first-order valence-electron chi connectivity index (χ1n) is 10.8. The van der Waals surface area contributed by atoms with Gasteiger partial charge >= 0.3 is 0 Å². The predicted molar refractivity (Wildman–Crippen MR) is 115 cm³/mol. The molecule has 0 radical (unpaired) electrons. The van der Waals surface area contributed by atoms with Gasteiger partial charge in [-0.25, -0.2) is 23.7 Å². The zero-order valence-corrected chi connectivity index (χ0v) is 18.1. The minimum absolute atomic E-state index is 0.00261. The van der Waals surface area contributed by atoms with Gasteiger partial charge in [0.2, 0.25) is 11.8 Å². The van der Waals surface area contributed by atoms with Gasteiger partial charge in [0.1, 0.15) is 18.2 Å². The van der Waals surface area contributed by atoms with Crippen LogP contribution in [0.15, 0.2) is 41.2 Å². The van der Waals surface area contributed by atoms with E-state index >= 15 is 0 Å². The molecular weight excluding hydrogens is 430 g/mol. The first-order chi connectivity index (χ1) is 16.0. The van der Waals surface area contributed by atoms with Crippen LogP contribution < -0.4 is 4.74 Å². The van der Waals surface area contributed by atoms with Crippen LogP contribution in [0, 0.1) is 11.6 Å². The number of nitrogens with zero attached hydrogens (tertiary/aromatic N) is 4. The Morgan fingerprint density at radius 1 is 1.18 bits per heavy atom. The van der Waals surface area contributed by atoms with Crippen molar-refractivity contribution in [2.45, 2.75) is 45.3 Å². The van der Waals surface area contributed by atoms with Gasteiger partial charge in [-0.1, -0.05) is 6.08 Å². The predicted octanol–water partition coefficient (Wildman–Crippen LogP) is 4.33. The molecule has 0 saturated carbocycles. The average molecular weight is 452 g/mol. The number of ether oxygens (including phenoxy) is 1. The van der Waals surface area contributed by atoms with Crippen LogP contribution >= 0.6 is 0 Å². The van der Waals surface area contributed by atoms with Gasteiger partial charge in [0.05, 0.1) is 29.8 Å². The summed E-state index contributed by atoms with van der Waals surface area (Å²) in [6.07, 6.45) is 7.30. The van der Waals surface area contributed by atoms with Crippen molar-refractivity contribution < 1.29 is 22.7 Å². The number of halogens is 2. The summed E-state index contributed by atoms with van der Waals surface area (Å²) in [5.41, 5.74) is 3.86. The molecule has 33 heavy (non-hydrogen) atoms. The highest BCUT2D eigenvalue weighted by Crippen LogP contribution is 2.34. The van der Waals surface area contributed by atoms with Crippen LogP contribution in [0.1, 0.15) is 43.3 Å². The SMILES string of the molecule is CC(=O)N1CCc2nc(C3=CCC(Oc4ccc(F)cc4F)CC3)c(-c3ncco3)nc2C1. The van der Waals surface area contributed by atoms with Gasteiger partial charge in [-0.05, 0) is 30.5 Å². The van der Waals surface area contributed by atoms with Crippen LogP contribution in [-0.4, -0.2) is 38.4 Å². The molecule has 0 spiro atoms. The minimum atomic E-state index is -0.712. The Kier molecular flexibility index (Phi) is 5.62. The normalized spacial score (nSPS) is 18.0. The number of carbonyl (C=O) groups is 1. The maximum absolute atomic E-state index is 14.0. The molecule has 2 aromatic heterocycles. The van der Waals surface area contributed by atoms with Crippen molar-refractivity contribution in [2.24, 2.45) is 0 Å². The molecule has 0 saturated heterocycles. The fourth-order valence-electron chi connectivity index (χ4n) is 4.20. The third kappa shape index (κ3) is 4.35. The lowest BCUT2D eigenvalue weighted by Gasteiger charge is -2.28. The fourth-order valence-corrected chi connectivity index (χ4v) is 4.20. The number of aromatic nitrogens is 3. The highest BCUT2D eigenvalue weighted by molar-refractivity contribution is 5.75. The summed E-state index contributed by atoms with van der Waals surface area (Å²) in [4.78, 5) is 27.5. The van der Waals surface area contributed by atoms with E-state index in [1.165, 1.54) is 18.4 Å². The summed E-state index contributed by atoms with van der Waals surface area (Å²) in [6, 6.07) is 3.31. The van der Waals surface area contributed by atoms with E-state index in [1.54, 1.807) is 18.0 Å². The Morgan fingerprint density at radius 3 is 2.73 bits per heavy atom. The van der Waals surface area contributed by atoms with Gasteiger partial charge in [0.25, 0.3) is 0 Å². The first-order valence-corrected chi connectivity index (χ1v) is 10.8. The molecule has 1 aromatic carbocycles. The van der Waals surface area contributed by atoms with E-state index in [9.17, 15) is 13.6 Å². The number of fused-ring (bicyclic) bond motifs is 1. The summed E-state index contributed by atoms with van der Waals surface area (Å²) in [6.45, 7) is 2.56. The number of allylic oxidation sites excluding steroid dienone is 1. The van der Waals surface area contributed by atoms with Crippen molar-refractivity contribution in [1.29, 1.82) is 0 Å². The highest BCUT2D eigenvalue weighted by atomic mass is 19.1. The standard InChI is InChI=1S/C24H22F2N4O3/c1-14(31)30-10-8-19-20(13-30)29-23(24-27-9-11-32-24)22(28-19)15-2-5-17(6-3-15)33-21-7-4-16(25)12-18(21)26/h2,4,7,9,11-12,17H,3,5-6,8,10,13H2,1H3. The Hall–Kier alpha value is -3.62. The molecule has 170 valence electrons. The lowest BCUT2D eigenvalue weighted by molar-refractivity contribution is -0.129. The summed E-state index contributed by atoms with van der Waals surface area (Å²) in [5, 5.41) is 0. The van der Waals surface area contributed by atoms with Crippen molar-refractivity contribution in [3.05, 3.63) is 65.5 Å². The van der Waals surface area contributed by atoms with Crippen LogP contribution in [-0.2, 0) is 17.8 Å². The molecule has 5 rings (SSSR count). The molecule has 1 aliphatic carbocycles. The van der Waals surface area contributed by atoms with E-state index in [0.29, 0.717) is 56.1 Å². The summed E-state index contributed by atoms with van der Waals surface area (Å²) in [5.74, 6) is -0.934. The Morgan fingerprint density at radius 2 is 2.03 bits per heavy atom. The summed E-state index contributed by atoms with van der Waals surface area (Å²) in [7, 11) is 0. The zero-order chi connectivity index (χ0) is 22.9. The monoisotopic (exact) mass is 452 g/mol. The number of oxazole rings is 1. The number of amides is 1. The van der Waals surface area contributed by atoms with Crippen molar-refractivity contribution in [1.82, 2.24) is 19.9 Å². The molecule has 0 fully saturated rings. The number of carbonyl (C=O) groups excluding carboxylic acids is 1. The third-order valence-corrected chi connectivity index (χ3v) is 5.94. The molecule has 1 unspecified atom stereocenters. The fraction of sp³-hybridized carbons (Fsp3) is 0.333. The Bertz CT molecular complexity index is 1230. The molecule has 1 aliphatic heterocycles. The van der Waals surface area contributed by atoms with Crippen LogP contribution in [0.25, 0.3) is 17.2 Å². The molecule has 1 amide bonds. The zero-order valence-electron chi connectivity index (χ0n) is 18.1. The number of hydrogen-bond acceptors (Lipinski definition) is 6. The van der Waals surface area contributed by atoms with Crippen LogP contribution in [0.5, 0.6) is 5.75 Å². The topological polar surface area (TPSA) is 81.4 Å². The van der Waals surface area contributed by atoms with Gasteiger partial charge in [0.15, 0.2) is 17.3 Å². The average Bonchev–Trinajstić information content (AvgIpc) is 3.35. The largest absolute Gasteiger partial charge is 0.487 e. The van der Waals surface area contributed by atoms with Crippen molar-refractivity contribution in [3.63, 3.8) is 0 Å². The number of rotatable bonds is 4. The van der Waals surface area contributed by atoms with E-state index in [-0.39, 0.29) is 17.8 Å². The highest BCUT2D eigenvalue weighted by Gasteiger charge is 2.27. The third-order valence-electron chi connectivity index (χ3n) is 5.94. The number of benzene rings is 1. The lowest BCUT2D eigenvalue weighted by Crippen LogP contribution is -2.35. The molecule has 3 heterocycles. The van der Waals surface area contributed by atoms with E-state index in [4.69, 9.17) is 19.1 Å². The van der Waals surface area contributed by atoms with Gasteiger partial charge in [-0.3, -0.25) is 4.79 Å². The summed E-state index contributed by atoms with van der Waals surface area (Å²) < 4.78 is 38.4. The maximum atomic E-state index is 14.0. The van der Waals surface area contributed by atoms with Crippen LogP contribution in [0.4, 0.5) is 8.78 Å². The Balaban J connectivity index is 1.42. The molecule has 0 bridgehead atoms. The minimum Gasteiger partial charge on any atom is -0.487 e. The van der Waals surface area contributed by atoms with Crippen LogP contribution in [0.2, 0.25) is 0 Å². The molecular formula is C24H22F2N4O3. The molecule has 7 nitrogen and oxygen atoms in total. The lowest BCUT2D eigenvalue weighted by atomic mass is 9.93. The maximum Gasteiger partial charge on any atom is 0.247 e. The second kappa shape index (κ2) is 8.73. The quantitative estimate of drug-likeness (QED) is 0.586. The molecule has 1 atom stereocenters. The van der Waals surface area contributed by atoms with Crippen molar-refractivity contribution >= 4 is 11.5 Å². The van der Waals surface area contributed by atoms with E-state index in [2.05, 4.69) is 4.98 Å². The number of hydrogen-bond donors (Lipinski definition) is 0.